The molecule has 3 aromatic heterocycles. The van der Waals surface area contributed by atoms with Gasteiger partial charge in [0.15, 0.2) is 11.6 Å². The summed E-state index contributed by atoms with van der Waals surface area (Å²) < 4.78 is 8.85. The molecule has 1 N–H and O–H groups in total. The first-order valence-corrected chi connectivity index (χ1v) is 7.46. The van der Waals surface area contributed by atoms with E-state index in [1.807, 2.05) is 40.1 Å². The second kappa shape index (κ2) is 5.59. The zero-order chi connectivity index (χ0) is 17.5. The fraction of sp³-hybridized carbons (Fsp3) is 0.400. The highest BCUT2D eigenvalue weighted by atomic mass is 16.5. The summed E-state index contributed by atoms with van der Waals surface area (Å²) in [6.07, 6.45) is 3.50. The van der Waals surface area contributed by atoms with E-state index in [9.17, 15) is 4.79 Å². The van der Waals surface area contributed by atoms with E-state index >= 15 is 0 Å². The number of aromatic nitrogens is 6. The van der Waals surface area contributed by atoms with Gasteiger partial charge in [0.2, 0.25) is 5.91 Å². The van der Waals surface area contributed by atoms with Crippen molar-refractivity contribution in [1.82, 2.24) is 35.0 Å². The predicted molar refractivity (Wildman–Crippen MR) is 85.2 cm³/mol. The summed E-state index contributed by atoms with van der Waals surface area (Å²) in [6, 6.07) is 1.82. The lowest BCUT2D eigenvalue weighted by Crippen LogP contribution is -2.40. The highest BCUT2D eigenvalue weighted by Crippen LogP contribution is 2.29. The van der Waals surface area contributed by atoms with Crippen molar-refractivity contribution < 1.29 is 9.32 Å². The largest absolute Gasteiger partial charge is 0.344 e. The molecule has 0 unspecified atom stereocenters. The Morgan fingerprint density at radius 2 is 2.12 bits per heavy atom. The lowest BCUT2D eigenvalue weighted by Gasteiger charge is -2.20. The zero-order valence-corrected chi connectivity index (χ0v) is 14.2. The Kier molecular flexibility index (Phi) is 3.70. The number of nitrogens with zero attached hydrogens (tertiary/aromatic N) is 6. The van der Waals surface area contributed by atoms with Gasteiger partial charge in [-0.15, -0.1) is 0 Å². The van der Waals surface area contributed by atoms with E-state index < -0.39 is 5.54 Å². The van der Waals surface area contributed by atoms with Gasteiger partial charge in [-0.1, -0.05) is 5.16 Å². The summed E-state index contributed by atoms with van der Waals surface area (Å²) in [6.45, 7) is 6.94. The molecule has 0 spiro atoms. The highest BCUT2D eigenvalue weighted by Gasteiger charge is 2.30. The molecule has 3 rings (SSSR count). The van der Waals surface area contributed by atoms with E-state index in [0.29, 0.717) is 17.3 Å². The van der Waals surface area contributed by atoms with Crippen molar-refractivity contribution in [3.8, 4) is 17.3 Å². The van der Waals surface area contributed by atoms with Crippen LogP contribution in [0.5, 0.6) is 0 Å². The molecule has 0 aliphatic rings. The molecule has 0 bridgehead atoms. The van der Waals surface area contributed by atoms with Crippen LogP contribution < -0.4 is 5.32 Å². The molecule has 0 saturated heterocycles. The normalized spacial score (nSPS) is 11.7. The number of aryl methyl sites for hydroxylation is 2. The summed E-state index contributed by atoms with van der Waals surface area (Å²) in [5.41, 5.74) is 0.712. The minimum atomic E-state index is -0.741. The molecule has 0 atom stereocenters. The minimum Gasteiger partial charge on any atom is -0.344 e. The molecule has 0 saturated carbocycles. The van der Waals surface area contributed by atoms with Crippen molar-refractivity contribution in [2.24, 2.45) is 7.05 Å². The van der Waals surface area contributed by atoms with Crippen LogP contribution in [0, 0.1) is 6.92 Å². The van der Waals surface area contributed by atoms with Crippen LogP contribution in [0.2, 0.25) is 0 Å². The average Bonchev–Trinajstić information content (AvgIpc) is 3.16. The van der Waals surface area contributed by atoms with Gasteiger partial charge in [-0.05, 0) is 26.8 Å². The van der Waals surface area contributed by atoms with Gasteiger partial charge in [0.1, 0.15) is 5.56 Å². The van der Waals surface area contributed by atoms with Gasteiger partial charge in [-0.2, -0.15) is 15.2 Å². The smallest absolute Gasteiger partial charge is 0.263 e. The maximum absolute atomic E-state index is 11.4. The fourth-order valence-corrected chi connectivity index (χ4v) is 2.63. The highest BCUT2D eigenvalue weighted by molar-refractivity contribution is 5.74. The second-order valence-corrected chi connectivity index (χ2v) is 6.09. The summed E-state index contributed by atoms with van der Waals surface area (Å²) in [4.78, 5) is 15.8. The molecule has 24 heavy (non-hydrogen) atoms. The van der Waals surface area contributed by atoms with Crippen LogP contribution in [0.1, 0.15) is 32.3 Å². The lowest BCUT2D eigenvalue weighted by atomic mass is 10.1. The first-order chi connectivity index (χ1) is 11.3. The van der Waals surface area contributed by atoms with Gasteiger partial charge in [-0.3, -0.25) is 4.79 Å². The van der Waals surface area contributed by atoms with Crippen LogP contribution in [0.4, 0.5) is 0 Å². The fourth-order valence-electron chi connectivity index (χ4n) is 2.63. The Labute approximate surface area is 138 Å². The monoisotopic (exact) mass is 329 g/mol. The number of carbonyl (C=O) groups excluding carboxylic acids is 1. The molecule has 0 aliphatic heterocycles. The third kappa shape index (κ3) is 2.68. The van der Waals surface area contributed by atoms with Gasteiger partial charge in [-0.25, -0.2) is 9.36 Å². The molecule has 126 valence electrons. The first-order valence-electron chi connectivity index (χ1n) is 7.46. The molecular formula is C15H19N7O2. The molecule has 3 heterocycles. The van der Waals surface area contributed by atoms with E-state index in [2.05, 4.69) is 25.7 Å². The third-order valence-corrected chi connectivity index (χ3v) is 3.60. The van der Waals surface area contributed by atoms with Crippen molar-refractivity contribution in [2.75, 3.05) is 0 Å². The van der Waals surface area contributed by atoms with Gasteiger partial charge in [0, 0.05) is 26.4 Å². The Bertz CT molecular complexity index is 874. The Hall–Kier alpha value is -2.97. The van der Waals surface area contributed by atoms with Gasteiger partial charge in [0.25, 0.3) is 5.89 Å². The SMILES string of the molecule is CC(=O)NC(C)(C)c1noc(-c2c(C)nn(C)c2-n2cccn2)n1. The molecule has 9 heteroatoms. The number of hydrogen-bond acceptors (Lipinski definition) is 6. The van der Waals surface area contributed by atoms with E-state index in [4.69, 9.17) is 4.52 Å². The van der Waals surface area contributed by atoms with Crippen molar-refractivity contribution in [3.05, 3.63) is 30.0 Å². The van der Waals surface area contributed by atoms with E-state index in [1.165, 1.54) is 6.92 Å². The molecule has 0 aromatic carbocycles. The maximum atomic E-state index is 11.4. The number of nitrogens with one attached hydrogen (secondary N) is 1. The number of hydrogen-bond donors (Lipinski definition) is 1. The predicted octanol–water partition coefficient (Wildman–Crippen LogP) is 1.34. The molecule has 3 aromatic rings. The van der Waals surface area contributed by atoms with E-state index in [0.717, 1.165) is 11.5 Å². The average molecular weight is 329 g/mol. The van der Waals surface area contributed by atoms with Crippen molar-refractivity contribution in [3.63, 3.8) is 0 Å². The first kappa shape index (κ1) is 15.9. The van der Waals surface area contributed by atoms with Gasteiger partial charge >= 0.3 is 0 Å². The van der Waals surface area contributed by atoms with Crippen molar-refractivity contribution in [2.45, 2.75) is 33.2 Å². The molecule has 0 aliphatic carbocycles. The van der Waals surface area contributed by atoms with Crippen LogP contribution in [0.3, 0.4) is 0 Å². The number of amides is 1. The lowest BCUT2D eigenvalue weighted by molar-refractivity contribution is -0.120. The third-order valence-electron chi connectivity index (χ3n) is 3.60. The van der Waals surface area contributed by atoms with Crippen molar-refractivity contribution in [1.29, 1.82) is 0 Å². The molecular weight excluding hydrogens is 310 g/mol. The van der Waals surface area contributed by atoms with Crippen LogP contribution in [-0.4, -0.2) is 35.6 Å². The van der Waals surface area contributed by atoms with E-state index in [-0.39, 0.29) is 5.91 Å². The van der Waals surface area contributed by atoms with Gasteiger partial charge in [0.05, 0.1) is 11.2 Å². The van der Waals surface area contributed by atoms with Crippen LogP contribution in [-0.2, 0) is 17.4 Å². The molecule has 0 radical (unpaired) electrons. The van der Waals surface area contributed by atoms with Gasteiger partial charge < -0.3 is 9.84 Å². The van der Waals surface area contributed by atoms with Crippen LogP contribution >= 0.6 is 0 Å². The molecule has 9 nitrogen and oxygen atoms in total. The molecule has 1 amide bonds. The maximum Gasteiger partial charge on any atom is 0.263 e. The standard InChI is InChI=1S/C15H19N7O2/c1-9-11(13(21(5)19-9)22-8-6-7-16-22)12-17-14(20-24-12)15(3,4)18-10(2)23/h6-8H,1-5H3,(H,18,23). The van der Waals surface area contributed by atoms with Crippen LogP contribution in [0.25, 0.3) is 17.3 Å². The molecule has 0 fully saturated rings. The summed E-state index contributed by atoms with van der Waals surface area (Å²) in [7, 11) is 1.83. The Balaban J connectivity index is 2.07. The minimum absolute atomic E-state index is 0.166. The quantitative estimate of drug-likeness (QED) is 0.774. The zero-order valence-electron chi connectivity index (χ0n) is 14.2. The summed E-state index contributed by atoms with van der Waals surface area (Å²) in [5, 5.41) is 15.5. The number of rotatable bonds is 4. The number of carbonyl (C=O) groups is 1. The van der Waals surface area contributed by atoms with E-state index in [1.54, 1.807) is 15.6 Å². The Morgan fingerprint density at radius 3 is 2.75 bits per heavy atom. The topological polar surface area (TPSA) is 104 Å². The second-order valence-electron chi connectivity index (χ2n) is 6.09. The Morgan fingerprint density at radius 1 is 1.38 bits per heavy atom. The summed E-state index contributed by atoms with van der Waals surface area (Å²) in [5.74, 6) is 1.29. The summed E-state index contributed by atoms with van der Waals surface area (Å²) >= 11 is 0. The van der Waals surface area contributed by atoms with Crippen molar-refractivity contribution >= 4 is 5.91 Å². The van der Waals surface area contributed by atoms with Crippen LogP contribution in [0.15, 0.2) is 23.0 Å².